The largest absolute Gasteiger partial charge is 0.506 e. The number of hydrogen-bond donors (Lipinski definition) is 2. The lowest BCUT2D eigenvalue weighted by Gasteiger charge is -2.10. The molecule has 3 rings (SSSR count). The summed E-state index contributed by atoms with van der Waals surface area (Å²) in [7, 11) is 1.40. The Bertz CT molecular complexity index is 1330. The van der Waals surface area contributed by atoms with Gasteiger partial charge in [-0.3, -0.25) is 14.9 Å². The zero-order valence-electron chi connectivity index (χ0n) is 17.7. The van der Waals surface area contributed by atoms with E-state index in [1.54, 1.807) is 42.5 Å². The van der Waals surface area contributed by atoms with Crippen molar-refractivity contribution in [1.29, 1.82) is 5.26 Å². The first-order valence-corrected chi connectivity index (χ1v) is 9.68. The van der Waals surface area contributed by atoms with Gasteiger partial charge in [0.25, 0.3) is 11.6 Å². The molecule has 0 bridgehead atoms. The number of carbonyl (C=O) groups excluding carboxylic acids is 2. The topological polar surface area (TPSA) is 152 Å². The van der Waals surface area contributed by atoms with Gasteiger partial charge < -0.3 is 19.9 Å². The smallest absolute Gasteiger partial charge is 0.343 e. The molecule has 34 heavy (non-hydrogen) atoms. The summed E-state index contributed by atoms with van der Waals surface area (Å²) in [6, 6.07) is 17.7. The van der Waals surface area contributed by atoms with E-state index < -0.39 is 22.5 Å². The molecule has 1 amide bonds. The molecule has 170 valence electrons. The first-order chi connectivity index (χ1) is 16.3. The Morgan fingerprint density at radius 3 is 2.44 bits per heavy atom. The van der Waals surface area contributed by atoms with Crippen LogP contribution in [0.15, 0.2) is 72.3 Å². The number of aromatic hydroxyl groups is 1. The van der Waals surface area contributed by atoms with Gasteiger partial charge in [-0.1, -0.05) is 24.3 Å². The SMILES string of the molecule is COc1ccc(C=C(C#N)C(=O)Nc2ccc([N+](=O)[O-])cc2O)cc1OC(=O)c1ccccc1. The van der Waals surface area contributed by atoms with Crippen molar-refractivity contribution in [3.05, 3.63) is 93.5 Å². The van der Waals surface area contributed by atoms with E-state index in [0.29, 0.717) is 11.1 Å². The molecule has 0 radical (unpaired) electrons. The van der Waals surface area contributed by atoms with Crippen molar-refractivity contribution in [2.45, 2.75) is 0 Å². The van der Waals surface area contributed by atoms with Gasteiger partial charge in [-0.25, -0.2) is 4.79 Å². The maximum Gasteiger partial charge on any atom is 0.343 e. The molecule has 0 heterocycles. The Hall–Kier alpha value is -5.17. The third kappa shape index (κ3) is 5.54. The van der Waals surface area contributed by atoms with Crippen LogP contribution in [0.2, 0.25) is 0 Å². The first kappa shape index (κ1) is 23.5. The Balaban J connectivity index is 1.84. The monoisotopic (exact) mass is 459 g/mol. The number of nitro groups is 1. The summed E-state index contributed by atoms with van der Waals surface area (Å²) in [5.41, 5.74) is -0.114. The normalized spacial score (nSPS) is 10.6. The summed E-state index contributed by atoms with van der Waals surface area (Å²) in [5, 5.41) is 32.5. The Kier molecular flexibility index (Phi) is 7.21. The number of nitrogens with one attached hydrogen (secondary N) is 1. The minimum absolute atomic E-state index is 0.0795. The summed E-state index contributed by atoms with van der Waals surface area (Å²) in [5.74, 6) is -1.66. The van der Waals surface area contributed by atoms with Crippen LogP contribution in [0.25, 0.3) is 6.08 Å². The number of non-ortho nitro benzene ring substituents is 1. The second-order valence-corrected chi connectivity index (χ2v) is 6.75. The standard InChI is InChI=1S/C24H17N3O7/c1-33-21-10-7-15(12-22(21)34-24(30)16-5-3-2-4-6-16)11-17(14-25)23(29)26-19-9-8-18(27(31)32)13-20(19)28/h2-13,28H,1H3,(H,26,29). The van der Waals surface area contributed by atoms with Crippen molar-refractivity contribution in [2.75, 3.05) is 12.4 Å². The summed E-state index contributed by atoms with van der Waals surface area (Å²) in [4.78, 5) is 35.0. The van der Waals surface area contributed by atoms with Gasteiger partial charge in [0.15, 0.2) is 11.5 Å². The van der Waals surface area contributed by atoms with Crippen LogP contribution in [-0.2, 0) is 4.79 Å². The number of phenols is 1. The fourth-order valence-electron chi connectivity index (χ4n) is 2.84. The molecule has 10 nitrogen and oxygen atoms in total. The van der Waals surface area contributed by atoms with Gasteiger partial charge in [-0.2, -0.15) is 5.26 Å². The summed E-state index contributed by atoms with van der Waals surface area (Å²) in [6.07, 6.45) is 1.25. The van der Waals surface area contributed by atoms with E-state index in [-0.39, 0.29) is 28.4 Å². The van der Waals surface area contributed by atoms with Gasteiger partial charge in [-0.05, 0) is 42.0 Å². The highest BCUT2D eigenvalue weighted by Gasteiger charge is 2.16. The minimum atomic E-state index is -0.856. The molecule has 2 N–H and O–H groups in total. The van der Waals surface area contributed by atoms with E-state index in [4.69, 9.17) is 9.47 Å². The number of methoxy groups -OCH3 is 1. The molecule has 0 atom stereocenters. The summed E-state index contributed by atoms with van der Waals surface area (Å²) < 4.78 is 10.6. The number of phenolic OH excluding ortho intramolecular Hbond substituents is 1. The van der Waals surface area contributed by atoms with E-state index in [0.717, 1.165) is 18.2 Å². The second kappa shape index (κ2) is 10.4. The van der Waals surface area contributed by atoms with E-state index in [9.17, 15) is 30.1 Å². The van der Waals surface area contributed by atoms with Crippen LogP contribution in [0.4, 0.5) is 11.4 Å². The third-order valence-corrected chi connectivity index (χ3v) is 4.52. The van der Waals surface area contributed by atoms with Crippen molar-refractivity contribution in [2.24, 2.45) is 0 Å². The van der Waals surface area contributed by atoms with Crippen LogP contribution < -0.4 is 14.8 Å². The molecular weight excluding hydrogens is 442 g/mol. The number of nitriles is 1. The number of anilines is 1. The number of benzene rings is 3. The van der Waals surface area contributed by atoms with Gasteiger partial charge in [0.2, 0.25) is 0 Å². The molecule has 0 spiro atoms. The number of amides is 1. The van der Waals surface area contributed by atoms with Crippen molar-refractivity contribution in [3.63, 3.8) is 0 Å². The molecule has 3 aromatic carbocycles. The Labute approximate surface area is 193 Å². The lowest BCUT2D eigenvalue weighted by atomic mass is 10.1. The van der Waals surface area contributed by atoms with Gasteiger partial charge in [0, 0.05) is 6.07 Å². The predicted molar refractivity (Wildman–Crippen MR) is 121 cm³/mol. The lowest BCUT2D eigenvalue weighted by Crippen LogP contribution is -2.13. The van der Waals surface area contributed by atoms with Gasteiger partial charge in [0.05, 0.1) is 29.4 Å². The van der Waals surface area contributed by atoms with E-state index in [1.807, 2.05) is 0 Å². The fourth-order valence-corrected chi connectivity index (χ4v) is 2.84. The van der Waals surface area contributed by atoms with Crippen LogP contribution in [0, 0.1) is 21.4 Å². The van der Waals surface area contributed by atoms with E-state index >= 15 is 0 Å². The minimum Gasteiger partial charge on any atom is -0.506 e. The molecule has 0 aromatic heterocycles. The fraction of sp³-hybridized carbons (Fsp3) is 0.0417. The van der Waals surface area contributed by atoms with Crippen LogP contribution in [0.1, 0.15) is 15.9 Å². The number of nitrogens with zero attached hydrogens (tertiary/aromatic N) is 2. The average Bonchev–Trinajstić information content (AvgIpc) is 2.84. The molecule has 0 unspecified atom stereocenters. The molecule has 0 saturated heterocycles. The molecule has 0 saturated carbocycles. The molecule has 0 aliphatic rings. The number of ether oxygens (including phenoxy) is 2. The summed E-state index contributed by atoms with van der Waals surface area (Å²) >= 11 is 0. The molecule has 0 aliphatic carbocycles. The number of hydrogen-bond acceptors (Lipinski definition) is 8. The van der Waals surface area contributed by atoms with Gasteiger partial charge in [0.1, 0.15) is 17.4 Å². The van der Waals surface area contributed by atoms with Crippen molar-refractivity contribution in [3.8, 4) is 23.3 Å². The Morgan fingerprint density at radius 2 is 1.82 bits per heavy atom. The second-order valence-electron chi connectivity index (χ2n) is 6.75. The highest BCUT2D eigenvalue weighted by Crippen LogP contribution is 2.31. The lowest BCUT2D eigenvalue weighted by molar-refractivity contribution is -0.384. The van der Waals surface area contributed by atoms with E-state index in [2.05, 4.69) is 5.32 Å². The quantitative estimate of drug-likeness (QED) is 0.102. The number of esters is 1. The highest BCUT2D eigenvalue weighted by atomic mass is 16.6. The zero-order valence-corrected chi connectivity index (χ0v) is 17.7. The molecule has 0 aliphatic heterocycles. The number of nitro benzene ring substituents is 1. The zero-order chi connectivity index (χ0) is 24.7. The average molecular weight is 459 g/mol. The maximum atomic E-state index is 12.5. The molecule has 10 heteroatoms. The van der Waals surface area contributed by atoms with Gasteiger partial charge in [-0.15, -0.1) is 0 Å². The van der Waals surface area contributed by atoms with Crippen molar-refractivity contribution < 1.29 is 29.1 Å². The maximum absolute atomic E-state index is 12.5. The predicted octanol–water partition coefficient (Wildman–Crippen LogP) is 4.07. The number of rotatable bonds is 7. The van der Waals surface area contributed by atoms with Crippen LogP contribution >= 0.6 is 0 Å². The molecular formula is C24H17N3O7. The third-order valence-electron chi connectivity index (χ3n) is 4.52. The Morgan fingerprint density at radius 1 is 1.09 bits per heavy atom. The molecule has 3 aromatic rings. The summed E-state index contributed by atoms with van der Waals surface area (Å²) in [6.45, 7) is 0. The van der Waals surface area contributed by atoms with Crippen LogP contribution in [0.3, 0.4) is 0 Å². The van der Waals surface area contributed by atoms with Crippen molar-refractivity contribution in [1.82, 2.24) is 0 Å². The van der Waals surface area contributed by atoms with E-state index in [1.165, 1.54) is 25.3 Å². The highest BCUT2D eigenvalue weighted by molar-refractivity contribution is 6.10. The van der Waals surface area contributed by atoms with Crippen molar-refractivity contribution >= 4 is 29.3 Å². The van der Waals surface area contributed by atoms with Gasteiger partial charge >= 0.3 is 5.97 Å². The first-order valence-electron chi connectivity index (χ1n) is 9.68. The molecule has 0 fully saturated rings. The number of carbonyl (C=O) groups is 2. The van der Waals surface area contributed by atoms with Crippen LogP contribution in [0.5, 0.6) is 17.2 Å². The van der Waals surface area contributed by atoms with Crippen LogP contribution in [-0.4, -0.2) is 29.0 Å².